The van der Waals surface area contributed by atoms with Crippen molar-refractivity contribution >= 4 is 17.7 Å². The van der Waals surface area contributed by atoms with Gasteiger partial charge in [-0.2, -0.15) is 0 Å². The zero-order valence-electron chi connectivity index (χ0n) is 11.8. The summed E-state index contributed by atoms with van der Waals surface area (Å²) in [4.78, 5) is 25.1. The predicted octanol–water partition coefficient (Wildman–Crippen LogP) is 1.24. The van der Waals surface area contributed by atoms with Gasteiger partial charge in [0.15, 0.2) is 0 Å². The van der Waals surface area contributed by atoms with Gasteiger partial charge in [-0.05, 0) is 30.5 Å². The summed E-state index contributed by atoms with van der Waals surface area (Å²) < 4.78 is 0. The second-order valence-electron chi connectivity index (χ2n) is 5.63. The van der Waals surface area contributed by atoms with Crippen LogP contribution in [0.1, 0.15) is 18.4 Å². The van der Waals surface area contributed by atoms with Crippen LogP contribution in [-0.4, -0.2) is 48.2 Å². The molecule has 3 rings (SSSR count). The van der Waals surface area contributed by atoms with E-state index in [0.29, 0.717) is 31.6 Å². The Balaban J connectivity index is 1.65. The summed E-state index contributed by atoms with van der Waals surface area (Å²) in [6.45, 7) is 3.03. The number of rotatable bonds is 3. The molecule has 2 aliphatic rings. The van der Waals surface area contributed by atoms with E-state index in [1.807, 2.05) is 0 Å². The van der Waals surface area contributed by atoms with Crippen molar-refractivity contribution in [3.63, 3.8) is 0 Å². The number of hydrogen-bond acceptors (Lipinski definition) is 3. The predicted molar refractivity (Wildman–Crippen MR) is 78.5 cm³/mol. The Morgan fingerprint density at radius 1 is 1.14 bits per heavy atom. The molecule has 112 valence electrons. The van der Waals surface area contributed by atoms with Gasteiger partial charge < -0.3 is 20.6 Å². The number of amides is 2. The molecule has 1 aromatic rings. The monoisotopic (exact) mass is 289 g/mol. The fourth-order valence-electron chi connectivity index (χ4n) is 2.69. The number of urea groups is 1. The van der Waals surface area contributed by atoms with Crippen LogP contribution in [0, 0.1) is 0 Å². The minimum Gasteiger partial charge on any atom is -0.481 e. The summed E-state index contributed by atoms with van der Waals surface area (Å²) in [5, 5.41) is 15.3. The molecule has 0 spiro atoms. The maximum Gasteiger partial charge on any atom is 0.321 e. The molecular weight excluding hydrogens is 270 g/mol. The van der Waals surface area contributed by atoms with Crippen LogP contribution in [0.4, 0.5) is 10.5 Å². The lowest BCUT2D eigenvalue weighted by molar-refractivity contribution is -0.140. The number of hydrogen-bond donors (Lipinski definition) is 3. The summed E-state index contributed by atoms with van der Waals surface area (Å²) in [5.74, 6) is -0.764. The molecule has 0 unspecified atom stereocenters. The number of carboxylic acid groups (broad SMARTS) is 1. The molecule has 0 aromatic heterocycles. The quantitative estimate of drug-likeness (QED) is 0.782. The van der Waals surface area contributed by atoms with E-state index >= 15 is 0 Å². The molecule has 0 atom stereocenters. The zero-order chi connectivity index (χ0) is 14.9. The number of nitrogens with zero attached hydrogens (tertiary/aromatic N) is 1. The Hall–Kier alpha value is -2.08. The second-order valence-corrected chi connectivity index (χ2v) is 5.63. The minimum absolute atomic E-state index is 0.108. The third kappa shape index (κ3) is 2.71. The van der Waals surface area contributed by atoms with E-state index in [1.54, 1.807) is 29.2 Å². The molecule has 2 fully saturated rings. The van der Waals surface area contributed by atoms with E-state index in [9.17, 15) is 14.7 Å². The van der Waals surface area contributed by atoms with Gasteiger partial charge >= 0.3 is 12.0 Å². The highest BCUT2D eigenvalue weighted by atomic mass is 16.4. The average molecular weight is 289 g/mol. The van der Waals surface area contributed by atoms with E-state index in [1.165, 1.54) is 0 Å². The first kappa shape index (κ1) is 13.9. The second kappa shape index (κ2) is 5.37. The number of aliphatic carboxylic acids is 1. The maximum atomic E-state index is 12.1. The molecule has 6 heteroatoms. The van der Waals surface area contributed by atoms with Gasteiger partial charge in [0.05, 0.1) is 5.41 Å². The van der Waals surface area contributed by atoms with Crippen LogP contribution < -0.4 is 10.6 Å². The van der Waals surface area contributed by atoms with E-state index < -0.39 is 11.4 Å². The third-order valence-electron chi connectivity index (χ3n) is 4.25. The number of piperazine rings is 1. The van der Waals surface area contributed by atoms with Crippen LogP contribution in [0.15, 0.2) is 24.3 Å². The van der Waals surface area contributed by atoms with Crippen LogP contribution in [0.2, 0.25) is 0 Å². The van der Waals surface area contributed by atoms with E-state index in [-0.39, 0.29) is 6.03 Å². The van der Waals surface area contributed by atoms with Crippen LogP contribution in [-0.2, 0) is 10.2 Å². The number of carbonyl (C=O) groups is 2. The van der Waals surface area contributed by atoms with Gasteiger partial charge in [0, 0.05) is 31.9 Å². The molecule has 1 aromatic carbocycles. The van der Waals surface area contributed by atoms with Crippen molar-refractivity contribution in [3.8, 4) is 0 Å². The number of nitrogens with one attached hydrogen (secondary N) is 2. The molecule has 1 saturated carbocycles. The van der Waals surface area contributed by atoms with Crippen molar-refractivity contribution in [2.24, 2.45) is 0 Å². The molecular formula is C15H19N3O3. The smallest absolute Gasteiger partial charge is 0.321 e. The van der Waals surface area contributed by atoms with Gasteiger partial charge in [-0.15, -0.1) is 0 Å². The molecule has 21 heavy (non-hydrogen) atoms. The molecule has 6 nitrogen and oxygen atoms in total. The highest BCUT2D eigenvalue weighted by Crippen LogP contribution is 2.48. The highest BCUT2D eigenvalue weighted by molar-refractivity contribution is 5.90. The van der Waals surface area contributed by atoms with Gasteiger partial charge in [-0.25, -0.2) is 4.79 Å². The van der Waals surface area contributed by atoms with E-state index in [0.717, 1.165) is 18.7 Å². The maximum absolute atomic E-state index is 12.1. The normalized spacial score (nSPS) is 19.9. The SMILES string of the molecule is O=C(Nc1ccc(C2(C(=O)O)CC2)cc1)N1CCNCC1. The number of benzene rings is 1. The first-order chi connectivity index (χ1) is 10.1. The topological polar surface area (TPSA) is 81.7 Å². The summed E-state index contributed by atoms with van der Waals surface area (Å²) in [5.41, 5.74) is 0.819. The Morgan fingerprint density at radius 3 is 2.29 bits per heavy atom. The number of carboxylic acids is 1. The minimum atomic E-state index is -0.764. The fourth-order valence-corrected chi connectivity index (χ4v) is 2.69. The zero-order valence-corrected chi connectivity index (χ0v) is 11.8. The Kier molecular flexibility index (Phi) is 3.55. The van der Waals surface area contributed by atoms with Crippen LogP contribution in [0.5, 0.6) is 0 Å². The summed E-state index contributed by atoms with van der Waals surface area (Å²) >= 11 is 0. The molecule has 1 aliphatic carbocycles. The van der Waals surface area contributed by atoms with Crippen molar-refractivity contribution in [2.45, 2.75) is 18.3 Å². The molecule has 2 amide bonds. The molecule has 1 saturated heterocycles. The average Bonchev–Trinajstić information content (AvgIpc) is 3.31. The molecule has 0 radical (unpaired) electrons. The van der Waals surface area contributed by atoms with Crippen LogP contribution >= 0.6 is 0 Å². The van der Waals surface area contributed by atoms with Crippen molar-refractivity contribution < 1.29 is 14.7 Å². The lowest BCUT2D eigenvalue weighted by atomic mass is 9.96. The summed E-state index contributed by atoms with van der Waals surface area (Å²) in [6, 6.07) is 7.04. The lowest BCUT2D eigenvalue weighted by Gasteiger charge is -2.27. The standard InChI is InChI=1S/C15H19N3O3/c19-13(20)15(5-6-15)11-1-3-12(4-2-11)17-14(21)18-9-7-16-8-10-18/h1-4,16H,5-10H2,(H,17,21)(H,19,20). The largest absolute Gasteiger partial charge is 0.481 e. The van der Waals surface area contributed by atoms with Gasteiger partial charge in [0.1, 0.15) is 0 Å². The Labute approximate surface area is 123 Å². The Bertz CT molecular complexity index is 546. The van der Waals surface area contributed by atoms with Crippen molar-refractivity contribution in [3.05, 3.63) is 29.8 Å². The van der Waals surface area contributed by atoms with Gasteiger partial charge in [0.25, 0.3) is 0 Å². The van der Waals surface area contributed by atoms with Crippen LogP contribution in [0.25, 0.3) is 0 Å². The summed E-state index contributed by atoms with van der Waals surface area (Å²) in [6.07, 6.45) is 1.38. The van der Waals surface area contributed by atoms with E-state index in [4.69, 9.17) is 0 Å². The first-order valence-corrected chi connectivity index (χ1v) is 7.22. The Morgan fingerprint density at radius 2 is 1.76 bits per heavy atom. The van der Waals surface area contributed by atoms with Crippen molar-refractivity contribution in [1.82, 2.24) is 10.2 Å². The van der Waals surface area contributed by atoms with Gasteiger partial charge in [-0.1, -0.05) is 12.1 Å². The number of anilines is 1. The first-order valence-electron chi connectivity index (χ1n) is 7.22. The molecule has 1 aliphatic heterocycles. The highest BCUT2D eigenvalue weighted by Gasteiger charge is 2.51. The molecule has 1 heterocycles. The van der Waals surface area contributed by atoms with Gasteiger partial charge in [0.2, 0.25) is 0 Å². The van der Waals surface area contributed by atoms with E-state index in [2.05, 4.69) is 10.6 Å². The van der Waals surface area contributed by atoms with Crippen molar-refractivity contribution in [2.75, 3.05) is 31.5 Å². The molecule has 3 N–H and O–H groups in total. The lowest BCUT2D eigenvalue weighted by Crippen LogP contribution is -2.48. The third-order valence-corrected chi connectivity index (χ3v) is 4.25. The summed E-state index contributed by atoms with van der Waals surface area (Å²) in [7, 11) is 0. The number of carbonyl (C=O) groups excluding carboxylic acids is 1. The molecule has 0 bridgehead atoms. The van der Waals surface area contributed by atoms with Gasteiger partial charge in [-0.3, -0.25) is 4.79 Å². The van der Waals surface area contributed by atoms with Crippen LogP contribution in [0.3, 0.4) is 0 Å². The fraction of sp³-hybridized carbons (Fsp3) is 0.467. The van der Waals surface area contributed by atoms with Crippen molar-refractivity contribution in [1.29, 1.82) is 0 Å².